The van der Waals surface area contributed by atoms with E-state index in [0.29, 0.717) is 40.1 Å². The van der Waals surface area contributed by atoms with Crippen LogP contribution in [0.15, 0.2) is 60.8 Å². The Bertz CT molecular complexity index is 1450. The fourth-order valence-electron chi connectivity index (χ4n) is 4.55. The van der Waals surface area contributed by atoms with E-state index in [1.807, 2.05) is 30.3 Å². The first-order valence-electron chi connectivity index (χ1n) is 11.7. The third kappa shape index (κ3) is 4.31. The Labute approximate surface area is 210 Å². The van der Waals surface area contributed by atoms with Crippen LogP contribution in [0.5, 0.6) is 0 Å². The summed E-state index contributed by atoms with van der Waals surface area (Å²) in [6.07, 6.45) is 3.05. The smallest absolute Gasteiger partial charge is 0.337 e. The number of carbonyl (C=O) groups excluding carboxylic acids is 1. The number of methoxy groups -OCH3 is 1. The van der Waals surface area contributed by atoms with Gasteiger partial charge < -0.3 is 25.7 Å². The number of piperazine rings is 1. The van der Waals surface area contributed by atoms with E-state index in [1.165, 1.54) is 13.3 Å². The number of anilines is 3. The lowest BCUT2D eigenvalue weighted by Crippen LogP contribution is -2.52. The average molecular weight is 484 g/mol. The first-order valence-corrected chi connectivity index (χ1v) is 11.7. The summed E-state index contributed by atoms with van der Waals surface area (Å²) in [7, 11) is 1.36. The minimum atomic E-state index is -0.421. The molecule has 9 nitrogen and oxygen atoms in total. The molecular weight excluding hydrogens is 454 g/mol. The van der Waals surface area contributed by atoms with Gasteiger partial charge in [0.2, 0.25) is 0 Å². The molecule has 1 atom stereocenters. The molecule has 0 unspecified atom stereocenters. The van der Waals surface area contributed by atoms with Crippen LogP contribution in [0.4, 0.5) is 17.3 Å². The van der Waals surface area contributed by atoms with Gasteiger partial charge in [-0.25, -0.2) is 19.7 Å². The number of benzene rings is 2. The highest BCUT2D eigenvalue weighted by Gasteiger charge is 2.28. The largest absolute Gasteiger partial charge is 0.465 e. The standard InChI is InChI=1S/C27H27N7O2.H2/c1-17-16-33(24-5-3-4-10-30-24)11-12-34(17)26-25(18-6-8-21(29)20(13-18)15-28)31-22-9-7-19(27(35)36-2)14-23(22)32-26;/h3-10,13-15,17,28H,11-12,16,29H2,1-2H3;1H/t17-;/m0./s1. The van der Waals surface area contributed by atoms with Crippen molar-refractivity contribution in [3.05, 3.63) is 71.9 Å². The summed E-state index contributed by atoms with van der Waals surface area (Å²) in [5, 5.41) is 7.74. The molecule has 1 aliphatic rings. The molecule has 5 rings (SSSR count). The van der Waals surface area contributed by atoms with Gasteiger partial charge in [0.15, 0.2) is 5.82 Å². The molecule has 0 bridgehead atoms. The number of hydrogen-bond donors (Lipinski definition) is 2. The van der Waals surface area contributed by atoms with Crippen molar-refractivity contribution in [3.63, 3.8) is 0 Å². The fraction of sp³-hybridized carbons (Fsp3) is 0.222. The van der Waals surface area contributed by atoms with Gasteiger partial charge in [0.1, 0.15) is 11.5 Å². The third-order valence-corrected chi connectivity index (χ3v) is 6.46. The van der Waals surface area contributed by atoms with Crippen LogP contribution >= 0.6 is 0 Å². The minimum Gasteiger partial charge on any atom is -0.465 e. The molecule has 3 heterocycles. The summed E-state index contributed by atoms with van der Waals surface area (Å²) in [6, 6.07) is 16.8. The first kappa shape index (κ1) is 23.2. The van der Waals surface area contributed by atoms with E-state index < -0.39 is 5.97 Å². The minimum absolute atomic E-state index is 0. The summed E-state index contributed by atoms with van der Waals surface area (Å²) in [5.41, 5.74) is 10.4. The van der Waals surface area contributed by atoms with Crippen molar-refractivity contribution in [3.8, 4) is 11.3 Å². The van der Waals surface area contributed by atoms with E-state index >= 15 is 0 Å². The summed E-state index contributed by atoms with van der Waals surface area (Å²) in [5.74, 6) is 1.25. The molecule has 1 saturated heterocycles. The maximum atomic E-state index is 12.1. The van der Waals surface area contributed by atoms with Gasteiger partial charge in [-0.1, -0.05) is 12.1 Å². The van der Waals surface area contributed by atoms with Gasteiger partial charge >= 0.3 is 5.97 Å². The molecule has 4 aromatic rings. The van der Waals surface area contributed by atoms with E-state index in [1.54, 1.807) is 30.5 Å². The Morgan fingerprint density at radius 2 is 2.00 bits per heavy atom. The number of ether oxygens (including phenoxy) is 1. The second-order valence-corrected chi connectivity index (χ2v) is 8.76. The van der Waals surface area contributed by atoms with E-state index in [-0.39, 0.29) is 7.47 Å². The molecule has 0 amide bonds. The van der Waals surface area contributed by atoms with Gasteiger partial charge in [0.25, 0.3) is 0 Å². The number of aromatic nitrogens is 3. The lowest BCUT2D eigenvalue weighted by atomic mass is 10.0. The number of fused-ring (bicyclic) bond motifs is 1. The van der Waals surface area contributed by atoms with Crippen LogP contribution in [0.3, 0.4) is 0 Å². The van der Waals surface area contributed by atoms with Gasteiger partial charge in [-0.3, -0.25) is 0 Å². The molecule has 2 aromatic carbocycles. The van der Waals surface area contributed by atoms with Gasteiger partial charge in [0, 0.05) is 56.3 Å². The number of nitrogen functional groups attached to an aromatic ring is 1. The zero-order valence-electron chi connectivity index (χ0n) is 20.2. The van der Waals surface area contributed by atoms with Crippen LogP contribution in [-0.4, -0.2) is 59.9 Å². The van der Waals surface area contributed by atoms with Crippen LogP contribution in [-0.2, 0) is 4.74 Å². The van der Waals surface area contributed by atoms with E-state index in [2.05, 4.69) is 21.7 Å². The molecule has 184 valence electrons. The number of nitrogens with two attached hydrogens (primary N) is 1. The number of nitrogens with zero attached hydrogens (tertiary/aromatic N) is 5. The molecule has 1 fully saturated rings. The fourth-order valence-corrected chi connectivity index (χ4v) is 4.55. The van der Waals surface area contributed by atoms with Crippen molar-refractivity contribution in [2.75, 3.05) is 42.3 Å². The molecule has 0 radical (unpaired) electrons. The van der Waals surface area contributed by atoms with Crippen molar-refractivity contribution in [1.29, 1.82) is 5.41 Å². The molecule has 0 aliphatic carbocycles. The number of pyridine rings is 1. The molecule has 36 heavy (non-hydrogen) atoms. The van der Waals surface area contributed by atoms with E-state index in [0.717, 1.165) is 30.3 Å². The molecule has 9 heteroatoms. The maximum absolute atomic E-state index is 12.1. The zero-order chi connectivity index (χ0) is 25.2. The summed E-state index contributed by atoms with van der Waals surface area (Å²) in [6.45, 7) is 4.41. The molecule has 0 saturated carbocycles. The van der Waals surface area contributed by atoms with Gasteiger partial charge in [0.05, 0.1) is 23.7 Å². The monoisotopic (exact) mass is 483 g/mol. The first-order chi connectivity index (χ1) is 17.5. The molecular formula is C27H29N7O2. The molecule has 3 N–H and O–H groups in total. The van der Waals surface area contributed by atoms with Crippen LogP contribution in [0.2, 0.25) is 0 Å². The number of hydrogen-bond acceptors (Lipinski definition) is 9. The predicted octanol–water partition coefficient (Wildman–Crippen LogP) is 4.02. The van der Waals surface area contributed by atoms with E-state index in [4.69, 9.17) is 25.8 Å². The van der Waals surface area contributed by atoms with Crippen molar-refractivity contribution >= 4 is 40.5 Å². The number of esters is 1. The van der Waals surface area contributed by atoms with Gasteiger partial charge in [-0.05, 0) is 49.4 Å². The zero-order valence-corrected chi connectivity index (χ0v) is 20.2. The van der Waals surface area contributed by atoms with Crippen molar-refractivity contribution in [2.45, 2.75) is 13.0 Å². The quantitative estimate of drug-likeness (QED) is 0.248. The summed E-state index contributed by atoms with van der Waals surface area (Å²) < 4.78 is 4.89. The summed E-state index contributed by atoms with van der Waals surface area (Å²) in [4.78, 5) is 31.1. The highest BCUT2D eigenvalue weighted by Crippen LogP contribution is 2.34. The lowest BCUT2D eigenvalue weighted by molar-refractivity contribution is 0.0601. The highest BCUT2D eigenvalue weighted by atomic mass is 16.5. The molecule has 1 aliphatic heterocycles. The van der Waals surface area contributed by atoms with Crippen LogP contribution in [0.1, 0.15) is 24.3 Å². The average Bonchev–Trinajstić information content (AvgIpc) is 2.92. The third-order valence-electron chi connectivity index (χ3n) is 6.46. The van der Waals surface area contributed by atoms with Crippen LogP contribution in [0.25, 0.3) is 22.3 Å². The van der Waals surface area contributed by atoms with E-state index in [9.17, 15) is 4.79 Å². The van der Waals surface area contributed by atoms with Crippen LogP contribution < -0.4 is 15.5 Å². The Balaban J connectivity index is 0.00000320. The second kappa shape index (κ2) is 9.61. The Kier molecular flexibility index (Phi) is 6.20. The predicted molar refractivity (Wildman–Crippen MR) is 144 cm³/mol. The second-order valence-electron chi connectivity index (χ2n) is 8.76. The number of carbonyl (C=O) groups is 1. The highest BCUT2D eigenvalue weighted by molar-refractivity contribution is 5.95. The number of rotatable bonds is 5. The van der Waals surface area contributed by atoms with Gasteiger partial charge in [-0.15, -0.1) is 0 Å². The van der Waals surface area contributed by atoms with Crippen LogP contribution in [0, 0.1) is 5.41 Å². The Morgan fingerprint density at radius 1 is 1.14 bits per heavy atom. The topological polar surface area (TPSA) is 121 Å². The normalized spacial score (nSPS) is 15.7. The molecule has 2 aromatic heterocycles. The Morgan fingerprint density at radius 3 is 2.72 bits per heavy atom. The number of nitrogens with one attached hydrogen (secondary N) is 1. The van der Waals surface area contributed by atoms with Crippen molar-refractivity contribution in [2.24, 2.45) is 0 Å². The molecule has 0 spiro atoms. The maximum Gasteiger partial charge on any atom is 0.337 e. The lowest BCUT2D eigenvalue weighted by Gasteiger charge is -2.41. The summed E-state index contributed by atoms with van der Waals surface area (Å²) >= 11 is 0. The van der Waals surface area contributed by atoms with Gasteiger partial charge in [-0.2, -0.15) is 0 Å². The van der Waals surface area contributed by atoms with Crippen molar-refractivity contribution in [1.82, 2.24) is 15.0 Å². The van der Waals surface area contributed by atoms with Crippen molar-refractivity contribution < 1.29 is 11.0 Å². The Hall–Kier alpha value is -4.53. The SMILES string of the molecule is COC(=O)c1ccc2nc(-c3ccc(N)c(C=N)c3)c(N3CCN(c4ccccn4)C[C@@H]3C)nc2c1.[HH].